The van der Waals surface area contributed by atoms with Crippen molar-refractivity contribution in [3.8, 4) is 5.75 Å². The molecular weight excluding hydrogens is 506 g/mol. The van der Waals surface area contributed by atoms with Gasteiger partial charge in [0, 0.05) is 18.8 Å². The summed E-state index contributed by atoms with van der Waals surface area (Å²) in [5.41, 5.74) is 2.19. The van der Waals surface area contributed by atoms with Crippen LogP contribution in [0, 0.1) is 0 Å². The van der Waals surface area contributed by atoms with Crippen LogP contribution in [0.15, 0.2) is 67.0 Å². The van der Waals surface area contributed by atoms with Gasteiger partial charge in [-0.3, -0.25) is 14.7 Å². The summed E-state index contributed by atoms with van der Waals surface area (Å²) in [7, 11) is -1.79. The lowest BCUT2D eigenvalue weighted by Crippen LogP contribution is -2.30. The van der Waals surface area contributed by atoms with Crippen LogP contribution in [0.5, 0.6) is 5.75 Å². The first kappa shape index (κ1) is 25.1. The number of nitrogens with zero attached hydrogens (tertiary/aromatic N) is 3. The molecule has 0 radical (unpaired) electrons. The van der Waals surface area contributed by atoms with Crippen LogP contribution in [0.3, 0.4) is 0 Å². The Morgan fingerprint density at radius 2 is 1.80 bits per heavy atom. The molecule has 0 bridgehead atoms. The number of benzene rings is 2. The van der Waals surface area contributed by atoms with Crippen molar-refractivity contribution in [3.63, 3.8) is 0 Å². The predicted molar refractivity (Wildman–Crippen MR) is 140 cm³/mol. The lowest BCUT2D eigenvalue weighted by atomic mass is 10.2. The van der Waals surface area contributed by atoms with Gasteiger partial charge in [0.05, 0.1) is 34.9 Å². The highest BCUT2D eigenvalue weighted by Gasteiger charge is 2.23. The van der Waals surface area contributed by atoms with E-state index < -0.39 is 9.84 Å². The van der Waals surface area contributed by atoms with Crippen molar-refractivity contribution < 1.29 is 17.9 Å². The number of methoxy groups -OCH3 is 1. The van der Waals surface area contributed by atoms with Crippen molar-refractivity contribution in [2.75, 3.05) is 17.8 Å². The summed E-state index contributed by atoms with van der Waals surface area (Å²) in [6, 6.07) is 16.2. The van der Waals surface area contributed by atoms with E-state index in [2.05, 4.69) is 9.97 Å². The molecule has 2 heterocycles. The van der Waals surface area contributed by atoms with E-state index in [0.29, 0.717) is 21.4 Å². The second-order valence-corrected chi connectivity index (χ2v) is 11.5. The van der Waals surface area contributed by atoms with Crippen LogP contribution in [0.25, 0.3) is 10.2 Å². The van der Waals surface area contributed by atoms with E-state index in [-0.39, 0.29) is 36.8 Å². The molecule has 4 rings (SSSR count). The highest BCUT2D eigenvalue weighted by atomic mass is 35.5. The number of anilines is 1. The van der Waals surface area contributed by atoms with Gasteiger partial charge < -0.3 is 4.74 Å². The van der Waals surface area contributed by atoms with Gasteiger partial charge in [-0.1, -0.05) is 53.3 Å². The third kappa shape index (κ3) is 6.36. The van der Waals surface area contributed by atoms with Gasteiger partial charge in [-0.25, -0.2) is 13.4 Å². The highest BCUT2D eigenvalue weighted by Crippen LogP contribution is 2.39. The van der Waals surface area contributed by atoms with Gasteiger partial charge in [-0.05, 0) is 41.8 Å². The second-order valence-electron chi connectivity index (χ2n) is 7.94. The Bertz CT molecular complexity index is 1410. The van der Waals surface area contributed by atoms with E-state index in [4.69, 9.17) is 16.3 Å². The number of hydrogen-bond acceptors (Lipinski definition) is 7. The first-order valence-electron chi connectivity index (χ1n) is 10.9. The maximum absolute atomic E-state index is 13.3. The number of halogens is 1. The molecule has 0 saturated carbocycles. The Labute approximate surface area is 213 Å². The summed E-state index contributed by atoms with van der Waals surface area (Å²) in [4.78, 5) is 23.6. The first-order valence-corrected chi connectivity index (χ1v) is 13.9. The van der Waals surface area contributed by atoms with Crippen molar-refractivity contribution in [1.82, 2.24) is 9.97 Å². The Kier molecular flexibility index (Phi) is 8.00. The zero-order valence-corrected chi connectivity index (χ0v) is 21.4. The number of pyridine rings is 1. The number of carbonyl (C=O) groups is 1. The highest BCUT2D eigenvalue weighted by molar-refractivity contribution is 7.90. The zero-order valence-electron chi connectivity index (χ0n) is 19.1. The average Bonchev–Trinajstić information content (AvgIpc) is 3.30. The molecule has 0 saturated heterocycles. The Hall–Kier alpha value is -3.01. The molecule has 0 aliphatic carbocycles. The van der Waals surface area contributed by atoms with Gasteiger partial charge in [0.1, 0.15) is 11.3 Å². The van der Waals surface area contributed by atoms with Crippen LogP contribution in [0.1, 0.15) is 24.0 Å². The molecule has 35 heavy (non-hydrogen) atoms. The molecule has 2 aromatic heterocycles. The van der Waals surface area contributed by atoms with Crippen molar-refractivity contribution in [2.45, 2.75) is 25.1 Å². The van der Waals surface area contributed by atoms with Gasteiger partial charge in [0.25, 0.3) is 0 Å². The minimum atomic E-state index is -3.34. The average molecular weight is 530 g/mol. The van der Waals surface area contributed by atoms with E-state index in [1.54, 1.807) is 48.7 Å². The molecule has 4 aromatic rings. The molecule has 10 heteroatoms. The lowest BCUT2D eigenvalue weighted by Gasteiger charge is -2.20. The number of hydrogen-bond donors (Lipinski definition) is 0. The van der Waals surface area contributed by atoms with Crippen molar-refractivity contribution in [2.24, 2.45) is 0 Å². The zero-order chi connectivity index (χ0) is 24.8. The third-order valence-electron chi connectivity index (χ3n) is 5.36. The third-order valence-corrected chi connectivity index (χ3v) is 8.59. The first-order chi connectivity index (χ1) is 16.9. The van der Waals surface area contributed by atoms with Crippen LogP contribution in [0.2, 0.25) is 5.02 Å². The van der Waals surface area contributed by atoms with Gasteiger partial charge in [-0.2, -0.15) is 0 Å². The van der Waals surface area contributed by atoms with Gasteiger partial charge in [0.15, 0.2) is 15.0 Å². The Morgan fingerprint density at radius 3 is 2.51 bits per heavy atom. The molecule has 7 nitrogen and oxygen atoms in total. The molecule has 0 fully saturated rings. The smallest absolute Gasteiger partial charge is 0.229 e. The quantitative estimate of drug-likeness (QED) is 0.277. The molecular formula is C25H24ClN3O4S2. The normalized spacial score (nSPS) is 11.5. The van der Waals surface area contributed by atoms with E-state index in [0.717, 1.165) is 15.8 Å². The number of rotatable bonds is 10. The molecule has 0 aliphatic rings. The molecule has 1 amide bonds. The van der Waals surface area contributed by atoms with E-state index in [1.165, 1.54) is 11.3 Å². The monoisotopic (exact) mass is 529 g/mol. The van der Waals surface area contributed by atoms with E-state index in [1.807, 2.05) is 30.3 Å². The topological polar surface area (TPSA) is 89.5 Å². The lowest BCUT2D eigenvalue weighted by molar-refractivity contribution is -0.118. The summed E-state index contributed by atoms with van der Waals surface area (Å²) in [5, 5.41) is 0.994. The fourth-order valence-corrected chi connectivity index (χ4v) is 6.33. The molecule has 0 atom stereocenters. The molecule has 0 spiro atoms. The van der Waals surface area contributed by atoms with Crippen LogP contribution in [-0.2, 0) is 26.9 Å². The Balaban J connectivity index is 1.53. The predicted octanol–water partition coefficient (Wildman–Crippen LogP) is 5.28. The van der Waals surface area contributed by atoms with E-state index >= 15 is 0 Å². The second kappa shape index (κ2) is 11.2. The van der Waals surface area contributed by atoms with Gasteiger partial charge in [-0.15, -0.1) is 0 Å². The standard InChI is InChI=1S/C25H24ClN3O4S2/c1-33-21-10-9-20(26)24-23(21)28-25(34-24)29(16-18-11-13-27-14-12-18)22(30)8-5-15-35(31,32)17-19-6-3-2-4-7-19/h2-4,6-7,9-14H,5,8,15-17H2,1H3. The summed E-state index contributed by atoms with van der Waals surface area (Å²) in [6.07, 6.45) is 3.61. The fourth-order valence-electron chi connectivity index (χ4n) is 3.63. The number of fused-ring (bicyclic) bond motifs is 1. The van der Waals surface area contributed by atoms with Crippen molar-refractivity contribution in [3.05, 3.63) is 83.1 Å². The van der Waals surface area contributed by atoms with Crippen molar-refractivity contribution >= 4 is 54.0 Å². The number of ether oxygens (including phenoxy) is 1. The van der Waals surface area contributed by atoms with Crippen LogP contribution in [-0.4, -0.2) is 37.2 Å². The van der Waals surface area contributed by atoms with Gasteiger partial charge in [0.2, 0.25) is 5.91 Å². The van der Waals surface area contributed by atoms with Crippen LogP contribution >= 0.6 is 22.9 Å². The summed E-state index contributed by atoms with van der Waals surface area (Å²) < 4.78 is 31.3. The molecule has 0 N–H and O–H groups in total. The molecule has 182 valence electrons. The van der Waals surface area contributed by atoms with Gasteiger partial charge >= 0.3 is 0 Å². The summed E-state index contributed by atoms with van der Waals surface area (Å²) in [5.74, 6) is 0.232. The summed E-state index contributed by atoms with van der Waals surface area (Å²) >= 11 is 7.68. The van der Waals surface area contributed by atoms with E-state index in [9.17, 15) is 13.2 Å². The fraction of sp³-hybridized carbons (Fsp3) is 0.240. The molecule has 0 unspecified atom stereocenters. The van der Waals surface area contributed by atoms with Crippen molar-refractivity contribution in [1.29, 1.82) is 0 Å². The summed E-state index contributed by atoms with van der Waals surface area (Å²) in [6.45, 7) is 0.276. The van der Waals surface area contributed by atoms with Crippen LogP contribution in [0.4, 0.5) is 5.13 Å². The molecule has 0 aliphatic heterocycles. The minimum absolute atomic E-state index is 0.0427. The minimum Gasteiger partial charge on any atom is -0.494 e. The number of aromatic nitrogens is 2. The number of amides is 1. The van der Waals surface area contributed by atoms with Crippen LogP contribution < -0.4 is 9.64 Å². The maximum Gasteiger partial charge on any atom is 0.229 e. The number of carbonyl (C=O) groups excluding carboxylic acids is 1. The maximum atomic E-state index is 13.3. The molecule has 2 aromatic carbocycles. The Morgan fingerprint density at radius 1 is 1.06 bits per heavy atom. The number of sulfone groups is 1. The number of thiazole rings is 1. The largest absolute Gasteiger partial charge is 0.494 e. The SMILES string of the molecule is COc1ccc(Cl)c2sc(N(Cc3ccncc3)C(=O)CCCS(=O)(=O)Cc3ccccc3)nc12.